The molecule has 3 nitrogen and oxygen atoms in total. The first-order chi connectivity index (χ1) is 9.50. The molecular formula is C16H15FO3. The fraction of sp³-hybridized carbons (Fsp3) is 0.188. The topological polar surface area (TPSA) is 46.5 Å². The average molecular weight is 274 g/mol. The highest BCUT2D eigenvalue weighted by Gasteiger charge is 2.17. The van der Waals surface area contributed by atoms with Gasteiger partial charge in [-0.1, -0.05) is 24.3 Å². The second-order valence-electron chi connectivity index (χ2n) is 4.58. The Labute approximate surface area is 116 Å². The van der Waals surface area contributed by atoms with Crippen LogP contribution in [0.1, 0.15) is 27.0 Å². The third-order valence-corrected chi connectivity index (χ3v) is 3.21. The zero-order chi connectivity index (χ0) is 14.7. The predicted octanol–water partition coefficient (Wildman–Crippen LogP) is 3.72. The van der Waals surface area contributed by atoms with Crippen molar-refractivity contribution in [2.75, 3.05) is 0 Å². The standard InChI is InChI=1S/C16H15FO3/c1-10-5-3-6-11(2)12(10)9-20-14-8-4-7-13(17)15(14)16(18)19/h3-8H,9H2,1-2H3,(H,18,19). The third-order valence-electron chi connectivity index (χ3n) is 3.21. The Morgan fingerprint density at radius 2 is 1.75 bits per heavy atom. The number of ether oxygens (including phenoxy) is 1. The SMILES string of the molecule is Cc1cccc(C)c1COc1cccc(F)c1C(=O)O. The van der Waals surface area contributed by atoms with Crippen LogP contribution in [0, 0.1) is 19.7 Å². The van der Waals surface area contributed by atoms with E-state index in [9.17, 15) is 9.18 Å². The normalized spacial score (nSPS) is 10.3. The highest BCUT2D eigenvalue weighted by Crippen LogP contribution is 2.24. The van der Waals surface area contributed by atoms with Gasteiger partial charge >= 0.3 is 5.97 Å². The van der Waals surface area contributed by atoms with Crippen LogP contribution < -0.4 is 4.74 Å². The van der Waals surface area contributed by atoms with Crippen molar-refractivity contribution in [2.24, 2.45) is 0 Å². The second-order valence-corrected chi connectivity index (χ2v) is 4.58. The molecular weight excluding hydrogens is 259 g/mol. The minimum Gasteiger partial charge on any atom is -0.488 e. The Morgan fingerprint density at radius 1 is 1.15 bits per heavy atom. The van der Waals surface area contributed by atoms with Crippen LogP contribution in [0.15, 0.2) is 36.4 Å². The summed E-state index contributed by atoms with van der Waals surface area (Å²) in [5.74, 6) is -2.09. The summed E-state index contributed by atoms with van der Waals surface area (Å²) in [5, 5.41) is 9.03. The van der Waals surface area contributed by atoms with E-state index in [0.717, 1.165) is 22.8 Å². The molecule has 0 aliphatic carbocycles. The zero-order valence-corrected chi connectivity index (χ0v) is 11.3. The molecule has 2 aromatic carbocycles. The summed E-state index contributed by atoms with van der Waals surface area (Å²) >= 11 is 0. The van der Waals surface area contributed by atoms with Gasteiger partial charge in [0.25, 0.3) is 0 Å². The highest BCUT2D eigenvalue weighted by atomic mass is 19.1. The molecule has 0 spiro atoms. The van der Waals surface area contributed by atoms with Crippen LogP contribution in [0.25, 0.3) is 0 Å². The summed E-state index contributed by atoms with van der Waals surface area (Å²) in [4.78, 5) is 11.1. The fourth-order valence-corrected chi connectivity index (χ4v) is 2.06. The molecule has 0 aromatic heterocycles. The van der Waals surface area contributed by atoms with Crippen molar-refractivity contribution in [3.05, 3.63) is 64.5 Å². The van der Waals surface area contributed by atoms with Crippen molar-refractivity contribution >= 4 is 5.97 Å². The maximum atomic E-state index is 13.5. The van der Waals surface area contributed by atoms with Gasteiger partial charge in [-0.2, -0.15) is 0 Å². The van der Waals surface area contributed by atoms with Crippen molar-refractivity contribution < 1.29 is 19.0 Å². The monoisotopic (exact) mass is 274 g/mol. The first kappa shape index (κ1) is 14.1. The lowest BCUT2D eigenvalue weighted by molar-refractivity contribution is 0.0686. The molecule has 4 heteroatoms. The van der Waals surface area contributed by atoms with E-state index in [-0.39, 0.29) is 12.4 Å². The van der Waals surface area contributed by atoms with Gasteiger partial charge in [-0.25, -0.2) is 9.18 Å². The summed E-state index contributed by atoms with van der Waals surface area (Å²) < 4.78 is 19.0. The van der Waals surface area contributed by atoms with Gasteiger partial charge in [0.2, 0.25) is 0 Å². The number of halogens is 1. The lowest BCUT2D eigenvalue weighted by Gasteiger charge is -2.13. The van der Waals surface area contributed by atoms with Crippen LogP contribution >= 0.6 is 0 Å². The van der Waals surface area contributed by atoms with Gasteiger partial charge in [-0.3, -0.25) is 0 Å². The number of aromatic carboxylic acids is 1. The first-order valence-corrected chi connectivity index (χ1v) is 6.20. The van der Waals surface area contributed by atoms with Gasteiger partial charge in [0.1, 0.15) is 23.7 Å². The van der Waals surface area contributed by atoms with Crippen LogP contribution in [0.3, 0.4) is 0 Å². The predicted molar refractivity (Wildman–Crippen MR) is 73.6 cm³/mol. The van der Waals surface area contributed by atoms with E-state index in [1.165, 1.54) is 12.1 Å². The average Bonchev–Trinajstić information content (AvgIpc) is 2.37. The van der Waals surface area contributed by atoms with Gasteiger partial charge in [-0.15, -0.1) is 0 Å². The Bertz CT molecular complexity index is 630. The maximum Gasteiger partial charge on any atom is 0.342 e. The molecule has 0 atom stereocenters. The minimum atomic E-state index is -1.33. The van der Waals surface area contributed by atoms with E-state index in [1.807, 2.05) is 32.0 Å². The molecule has 0 aliphatic heterocycles. The Kier molecular flexibility index (Phi) is 4.03. The maximum absolute atomic E-state index is 13.5. The number of hydrogen-bond acceptors (Lipinski definition) is 2. The van der Waals surface area contributed by atoms with Gasteiger partial charge < -0.3 is 9.84 Å². The van der Waals surface area contributed by atoms with E-state index >= 15 is 0 Å². The Morgan fingerprint density at radius 3 is 2.35 bits per heavy atom. The van der Waals surface area contributed by atoms with Crippen LogP contribution in [-0.4, -0.2) is 11.1 Å². The van der Waals surface area contributed by atoms with E-state index in [2.05, 4.69) is 0 Å². The third kappa shape index (κ3) is 2.79. The molecule has 0 radical (unpaired) electrons. The Balaban J connectivity index is 2.28. The van der Waals surface area contributed by atoms with Crippen LogP contribution in [0.2, 0.25) is 0 Å². The molecule has 0 bridgehead atoms. The van der Waals surface area contributed by atoms with E-state index < -0.39 is 17.3 Å². The molecule has 0 amide bonds. The number of carboxylic acids is 1. The van der Waals surface area contributed by atoms with Crippen molar-refractivity contribution in [2.45, 2.75) is 20.5 Å². The molecule has 20 heavy (non-hydrogen) atoms. The van der Waals surface area contributed by atoms with Crippen molar-refractivity contribution in [1.82, 2.24) is 0 Å². The molecule has 0 saturated carbocycles. The summed E-state index contributed by atoms with van der Waals surface area (Å²) in [7, 11) is 0. The van der Waals surface area contributed by atoms with E-state index in [0.29, 0.717) is 0 Å². The second kappa shape index (κ2) is 5.74. The molecule has 104 valence electrons. The highest BCUT2D eigenvalue weighted by molar-refractivity contribution is 5.91. The Hall–Kier alpha value is -2.36. The number of rotatable bonds is 4. The molecule has 0 saturated heterocycles. The number of aryl methyl sites for hydroxylation is 2. The quantitative estimate of drug-likeness (QED) is 0.924. The minimum absolute atomic E-state index is 0.0418. The molecule has 0 aliphatic rings. The number of benzene rings is 2. The largest absolute Gasteiger partial charge is 0.488 e. The van der Waals surface area contributed by atoms with Crippen LogP contribution in [0.4, 0.5) is 4.39 Å². The number of carboxylic acid groups (broad SMARTS) is 1. The van der Waals surface area contributed by atoms with Crippen molar-refractivity contribution in [3.8, 4) is 5.75 Å². The smallest absolute Gasteiger partial charge is 0.342 e. The van der Waals surface area contributed by atoms with Crippen LogP contribution in [0.5, 0.6) is 5.75 Å². The molecule has 0 unspecified atom stereocenters. The molecule has 2 rings (SSSR count). The fourth-order valence-electron chi connectivity index (χ4n) is 2.06. The zero-order valence-electron chi connectivity index (χ0n) is 11.3. The first-order valence-electron chi connectivity index (χ1n) is 6.20. The molecule has 0 fully saturated rings. The molecule has 0 heterocycles. The molecule has 2 aromatic rings. The summed E-state index contributed by atoms with van der Waals surface area (Å²) in [6, 6.07) is 9.85. The van der Waals surface area contributed by atoms with Gasteiger partial charge in [0.15, 0.2) is 0 Å². The van der Waals surface area contributed by atoms with Crippen molar-refractivity contribution in [3.63, 3.8) is 0 Å². The molecule has 1 N–H and O–H groups in total. The van der Waals surface area contributed by atoms with Gasteiger partial charge in [-0.05, 0) is 42.7 Å². The van der Waals surface area contributed by atoms with Gasteiger partial charge in [0.05, 0.1) is 0 Å². The van der Waals surface area contributed by atoms with E-state index in [1.54, 1.807) is 0 Å². The van der Waals surface area contributed by atoms with Crippen LogP contribution in [-0.2, 0) is 6.61 Å². The number of hydrogen-bond donors (Lipinski definition) is 1. The summed E-state index contributed by atoms with van der Waals surface area (Å²) in [6.45, 7) is 4.12. The van der Waals surface area contributed by atoms with E-state index in [4.69, 9.17) is 9.84 Å². The van der Waals surface area contributed by atoms with Crippen molar-refractivity contribution in [1.29, 1.82) is 0 Å². The summed E-state index contributed by atoms with van der Waals surface area (Å²) in [6.07, 6.45) is 0. The lowest BCUT2D eigenvalue weighted by Crippen LogP contribution is -2.07. The lowest BCUT2D eigenvalue weighted by atomic mass is 10.0. The number of carbonyl (C=O) groups is 1. The van der Waals surface area contributed by atoms with Gasteiger partial charge in [0, 0.05) is 0 Å². The summed E-state index contributed by atoms with van der Waals surface area (Å²) in [5.41, 5.74) is 2.66.